The number of rotatable bonds is 9. The van der Waals surface area contributed by atoms with Crippen molar-refractivity contribution in [1.29, 1.82) is 0 Å². The Hall–Kier alpha value is -4.72. The fraction of sp³-hybridized carbons (Fsp3) is 0.194. The number of amides is 4. The van der Waals surface area contributed by atoms with E-state index >= 15 is 0 Å². The van der Waals surface area contributed by atoms with Crippen LogP contribution in [0, 0.1) is 6.92 Å². The van der Waals surface area contributed by atoms with E-state index in [0.29, 0.717) is 17.3 Å². The number of aromatic nitrogens is 4. The number of alkyl halides is 1. The number of aryl methyl sites for hydroxylation is 1. The van der Waals surface area contributed by atoms with Crippen LogP contribution < -0.4 is 26.0 Å². The summed E-state index contributed by atoms with van der Waals surface area (Å²) in [5, 5.41) is 17.3. The van der Waals surface area contributed by atoms with Gasteiger partial charge in [-0.15, -0.1) is 0 Å². The number of urea groups is 2. The molecular formula is C31H31IN8O3. The standard InChI is InChI=1S/C31H31IN8O3/c1-4-7-23(32)25-18-27(40(39-25)20-12-10-19(2)11-13-20)36-31(42)35-24-14-15-26(22-9-6-5-8-21(22)24)43-28-16-17-34-29(37-28)38-30(41)33-3/h5-6,8-18,23H,4,7H2,1-3H3,(H2,35,36,42)(H2,33,34,37,38,41). The molecule has 4 amide bonds. The normalized spacial score (nSPS) is 11.5. The van der Waals surface area contributed by atoms with Gasteiger partial charge in [-0.05, 0) is 37.6 Å². The summed E-state index contributed by atoms with van der Waals surface area (Å²) in [6.45, 7) is 4.18. The molecule has 0 aliphatic heterocycles. The van der Waals surface area contributed by atoms with E-state index in [1.165, 1.54) is 13.2 Å². The van der Waals surface area contributed by atoms with Gasteiger partial charge in [0.05, 0.1) is 21.0 Å². The minimum absolute atomic E-state index is 0.104. The maximum Gasteiger partial charge on any atom is 0.324 e. The Morgan fingerprint density at radius 3 is 2.47 bits per heavy atom. The lowest BCUT2D eigenvalue weighted by molar-refractivity contribution is 0.253. The first-order valence-corrected chi connectivity index (χ1v) is 15.0. The van der Waals surface area contributed by atoms with Crippen molar-refractivity contribution in [3.63, 3.8) is 0 Å². The molecule has 5 rings (SSSR count). The van der Waals surface area contributed by atoms with Gasteiger partial charge in [-0.25, -0.2) is 19.3 Å². The van der Waals surface area contributed by atoms with Crippen LogP contribution in [-0.4, -0.2) is 38.9 Å². The summed E-state index contributed by atoms with van der Waals surface area (Å²) < 4.78 is 8.04. The van der Waals surface area contributed by atoms with E-state index in [4.69, 9.17) is 9.84 Å². The number of nitrogens with zero attached hydrogens (tertiary/aromatic N) is 4. The SMILES string of the molecule is CCCC(I)c1cc(NC(=O)Nc2ccc(Oc3ccnc(NC(=O)NC)n3)c3ccccc23)n(-c2ccc(C)cc2)n1. The van der Waals surface area contributed by atoms with E-state index in [-0.39, 0.29) is 15.8 Å². The molecule has 0 fully saturated rings. The van der Waals surface area contributed by atoms with E-state index in [1.54, 1.807) is 22.9 Å². The minimum atomic E-state index is -0.440. The summed E-state index contributed by atoms with van der Waals surface area (Å²) in [6, 6.07) is 21.8. The molecule has 220 valence electrons. The Morgan fingerprint density at radius 2 is 1.72 bits per heavy atom. The fourth-order valence-corrected chi connectivity index (χ4v) is 5.33. The maximum absolute atomic E-state index is 13.3. The van der Waals surface area contributed by atoms with Crippen LogP contribution in [0.4, 0.5) is 27.0 Å². The molecule has 2 heterocycles. The summed E-state index contributed by atoms with van der Waals surface area (Å²) in [7, 11) is 1.50. The Bertz CT molecular complexity index is 1760. The van der Waals surface area contributed by atoms with Gasteiger partial charge in [0, 0.05) is 36.1 Å². The lowest BCUT2D eigenvalue weighted by Crippen LogP contribution is -2.25. The quantitative estimate of drug-likeness (QED) is 0.0931. The molecule has 11 nitrogen and oxygen atoms in total. The van der Waals surface area contributed by atoms with E-state index in [9.17, 15) is 9.59 Å². The number of fused-ring (bicyclic) bond motifs is 1. The molecule has 0 aliphatic rings. The number of ether oxygens (including phenoxy) is 1. The number of nitrogens with one attached hydrogen (secondary N) is 4. The smallest absolute Gasteiger partial charge is 0.324 e. The molecule has 0 aliphatic carbocycles. The van der Waals surface area contributed by atoms with Gasteiger partial charge in [0.1, 0.15) is 11.6 Å². The minimum Gasteiger partial charge on any atom is -0.438 e. The Balaban J connectivity index is 1.39. The second-order valence-corrected chi connectivity index (χ2v) is 11.2. The molecule has 0 saturated heterocycles. The number of hydrogen-bond donors (Lipinski definition) is 4. The second-order valence-electron chi connectivity index (χ2n) is 9.72. The van der Waals surface area contributed by atoms with E-state index in [1.807, 2.05) is 61.5 Å². The molecule has 2 aromatic heterocycles. The average molecular weight is 691 g/mol. The zero-order valence-electron chi connectivity index (χ0n) is 23.9. The maximum atomic E-state index is 13.3. The first kappa shape index (κ1) is 29.8. The van der Waals surface area contributed by atoms with Gasteiger partial charge in [-0.1, -0.05) is 77.9 Å². The third-order valence-electron chi connectivity index (χ3n) is 6.54. The summed E-state index contributed by atoms with van der Waals surface area (Å²) in [4.78, 5) is 33.3. The predicted molar refractivity (Wildman–Crippen MR) is 177 cm³/mol. The lowest BCUT2D eigenvalue weighted by atomic mass is 10.1. The molecule has 1 unspecified atom stereocenters. The van der Waals surface area contributed by atoms with Crippen LogP contribution in [0.2, 0.25) is 0 Å². The topological polar surface area (TPSA) is 135 Å². The Morgan fingerprint density at radius 1 is 0.953 bits per heavy atom. The second kappa shape index (κ2) is 13.5. The molecule has 1 atom stereocenters. The molecule has 4 N–H and O–H groups in total. The molecule has 3 aromatic carbocycles. The van der Waals surface area contributed by atoms with Gasteiger partial charge in [-0.3, -0.25) is 10.6 Å². The van der Waals surface area contributed by atoms with Crippen LogP contribution in [0.25, 0.3) is 16.5 Å². The molecule has 12 heteroatoms. The van der Waals surface area contributed by atoms with Gasteiger partial charge < -0.3 is 15.4 Å². The first-order valence-electron chi connectivity index (χ1n) is 13.7. The van der Waals surface area contributed by atoms with Crippen molar-refractivity contribution in [2.75, 3.05) is 23.0 Å². The van der Waals surface area contributed by atoms with Gasteiger partial charge in [0.2, 0.25) is 11.8 Å². The van der Waals surface area contributed by atoms with Crippen molar-refractivity contribution in [3.8, 4) is 17.3 Å². The third kappa shape index (κ3) is 7.20. The number of hydrogen-bond acceptors (Lipinski definition) is 6. The summed E-state index contributed by atoms with van der Waals surface area (Å²) >= 11 is 2.40. The van der Waals surface area contributed by atoms with E-state index < -0.39 is 12.1 Å². The number of halogens is 1. The van der Waals surface area contributed by atoms with Crippen LogP contribution in [0.3, 0.4) is 0 Å². The molecular weight excluding hydrogens is 659 g/mol. The Kier molecular flexibility index (Phi) is 9.35. The third-order valence-corrected chi connectivity index (χ3v) is 7.80. The van der Waals surface area contributed by atoms with Gasteiger partial charge in [0.15, 0.2) is 0 Å². The van der Waals surface area contributed by atoms with Crippen LogP contribution in [0.5, 0.6) is 11.6 Å². The van der Waals surface area contributed by atoms with E-state index in [0.717, 1.165) is 40.6 Å². The van der Waals surface area contributed by atoms with Crippen LogP contribution in [0.1, 0.15) is 34.9 Å². The average Bonchev–Trinajstić information content (AvgIpc) is 3.42. The molecule has 0 radical (unpaired) electrons. The fourth-order valence-electron chi connectivity index (χ4n) is 4.40. The summed E-state index contributed by atoms with van der Waals surface area (Å²) in [5.41, 5.74) is 3.51. The first-order chi connectivity index (χ1) is 20.8. The van der Waals surface area contributed by atoms with E-state index in [2.05, 4.69) is 60.7 Å². The van der Waals surface area contributed by atoms with Crippen molar-refractivity contribution in [2.24, 2.45) is 0 Å². The van der Waals surface area contributed by atoms with Crippen molar-refractivity contribution in [3.05, 3.63) is 90.3 Å². The van der Waals surface area contributed by atoms with Crippen molar-refractivity contribution in [1.82, 2.24) is 25.1 Å². The van der Waals surface area contributed by atoms with Gasteiger partial charge in [-0.2, -0.15) is 10.1 Å². The number of anilines is 3. The van der Waals surface area contributed by atoms with Gasteiger partial charge >= 0.3 is 12.1 Å². The highest BCUT2D eigenvalue weighted by Crippen LogP contribution is 2.35. The molecule has 0 spiro atoms. The highest BCUT2D eigenvalue weighted by molar-refractivity contribution is 14.1. The summed E-state index contributed by atoms with van der Waals surface area (Å²) in [6.07, 6.45) is 3.51. The molecule has 5 aromatic rings. The monoisotopic (exact) mass is 690 g/mol. The van der Waals surface area contributed by atoms with Crippen molar-refractivity contribution >= 4 is 62.9 Å². The van der Waals surface area contributed by atoms with Gasteiger partial charge in [0.25, 0.3) is 0 Å². The molecule has 0 saturated carbocycles. The predicted octanol–water partition coefficient (Wildman–Crippen LogP) is 7.59. The number of carbonyl (C=O) groups excluding carboxylic acids is 2. The van der Waals surface area contributed by atoms with Crippen molar-refractivity contribution < 1.29 is 14.3 Å². The highest BCUT2D eigenvalue weighted by Gasteiger charge is 2.18. The number of benzene rings is 3. The largest absolute Gasteiger partial charge is 0.438 e. The van der Waals surface area contributed by atoms with Crippen molar-refractivity contribution in [2.45, 2.75) is 30.6 Å². The highest BCUT2D eigenvalue weighted by atomic mass is 127. The molecule has 43 heavy (non-hydrogen) atoms. The zero-order chi connectivity index (χ0) is 30.3. The molecule has 0 bridgehead atoms. The van der Waals surface area contributed by atoms with Crippen LogP contribution >= 0.6 is 22.6 Å². The van der Waals surface area contributed by atoms with Crippen LogP contribution in [0.15, 0.2) is 79.0 Å². The van der Waals surface area contributed by atoms with Crippen LogP contribution in [-0.2, 0) is 0 Å². The summed E-state index contributed by atoms with van der Waals surface area (Å²) in [5.74, 6) is 1.45. The Labute approximate surface area is 262 Å². The number of carbonyl (C=O) groups is 2. The zero-order valence-corrected chi connectivity index (χ0v) is 26.0. The lowest BCUT2D eigenvalue weighted by Gasteiger charge is -2.14.